The minimum absolute atomic E-state index is 0.0444. The summed E-state index contributed by atoms with van der Waals surface area (Å²) in [7, 11) is 1.52. The Morgan fingerprint density at radius 3 is 1.30 bits per heavy atom. The van der Waals surface area contributed by atoms with Crippen LogP contribution in [0.4, 0.5) is 0 Å². The van der Waals surface area contributed by atoms with Gasteiger partial charge in [0.1, 0.15) is 13.2 Å². The third-order valence-electron chi connectivity index (χ3n) is 11.0. The number of nitrogens with one attached hydrogen (secondary N) is 1. The van der Waals surface area contributed by atoms with E-state index in [1.165, 1.54) is 38.5 Å². The van der Waals surface area contributed by atoms with Gasteiger partial charge < -0.3 is 19.8 Å². The van der Waals surface area contributed by atoms with Gasteiger partial charge in [0, 0.05) is 6.42 Å². The molecule has 8 nitrogen and oxygen atoms in total. The van der Waals surface area contributed by atoms with Crippen LogP contribution in [0.2, 0.25) is 0 Å². The number of quaternary nitrogens is 1. The van der Waals surface area contributed by atoms with Crippen LogP contribution in [0.3, 0.4) is 0 Å². The lowest BCUT2D eigenvalue weighted by Gasteiger charge is -2.25. The minimum atomic E-state index is -4.36. The van der Waals surface area contributed by atoms with E-state index in [1.54, 1.807) is 6.08 Å². The third kappa shape index (κ3) is 52.2. The molecule has 9 heteroatoms. The predicted molar refractivity (Wildman–Crippen MR) is 304 cm³/mol. The first-order valence-corrected chi connectivity index (χ1v) is 28.7. The predicted octanol–water partition coefficient (Wildman–Crippen LogP) is 16.5. The molecule has 70 heavy (non-hydrogen) atoms. The number of carbonyl (C=O) groups is 1. The zero-order valence-electron chi connectivity index (χ0n) is 44.9. The molecule has 0 aliphatic carbocycles. The van der Waals surface area contributed by atoms with Gasteiger partial charge in [-0.1, -0.05) is 211 Å². The van der Waals surface area contributed by atoms with E-state index in [-0.39, 0.29) is 19.1 Å². The molecule has 0 saturated carbocycles. The molecular formula is C61H102N2O6P+. The number of carbonyl (C=O) groups excluding carboxylic acids is 1. The summed E-state index contributed by atoms with van der Waals surface area (Å²) in [5, 5.41) is 13.8. The fraction of sp³-hybridized carbons (Fsp3) is 0.590. The van der Waals surface area contributed by atoms with Crippen molar-refractivity contribution in [3.63, 3.8) is 0 Å². The minimum Gasteiger partial charge on any atom is -0.387 e. The maximum atomic E-state index is 12.9. The van der Waals surface area contributed by atoms with Crippen molar-refractivity contribution in [2.45, 2.75) is 193 Å². The number of aliphatic hydroxyl groups is 1. The zero-order chi connectivity index (χ0) is 51.3. The highest BCUT2D eigenvalue weighted by Gasteiger charge is 2.27. The molecule has 0 aliphatic heterocycles. The number of phosphoric acid groups is 1. The van der Waals surface area contributed by atoms with Crippen molar-refractivity contribution in [3.8, 4) is 0 Å². The van der Waals surface area contributed by atoms with E-state index >= 15 is 0 Å². The number of likely N-dealkylation sites (N-methyl/N-ethyl adjacent to an activating group) is 1. The van der Waals surface area contributed by atoms with Gasteiger partial charge in [-0.15, -0.1) is 0 Å². The number of unbranched alkanes of at least 4 members (excludes halogenated alkanes) is 12. The lowest BCUT2D eigenvalue weighted by molar-refractivity contribution is -0.870. The number of rotatable bonds is 47. The van der Waals surface area contributed by atoms with Crippen molar-refractivity contribution in [1.29, 1.82) is 0 Å². The van der Waals surface area contributed by atoms with Gasteiger partial charge in [0.2, 0.25) is 5.91 Å². The van der Waals surface area contributed by atoms with Crippen LogP contribution in [0.15, 0.2) is 146 Å². The zero-order valence-corrected chi connectivity index (χ0v) is 45.8. The van der Waals surface area contributed by atoms with E-state index < -0.39 is 20.0 Å². The molecule has 0 saturated heterocycles. The summed E-state index contributed by atoms with van der Waals surface area (Å²) >= 11 is 0. The Labute approximate surface area is 429 Å². The lowest BCUT2D eigenvalue weighted by atomic mass is 10.1. The second kappa shape index (κ2) is 50.3. The first-order valence-electron chi connectivity index (χ1n) is 27.2. The van der Waals surface area contributed by atoms with Crippen LogP contribution < -0.4 is 5.32 Å². The highest BCUT2D eigenvalue weighted by molar-refractivity contribution is 7.47. The quantitative estimate of drug-likeness (QED) is 0.0243. The molecule has 0 aromatic heterocycles. The Bertz CT molecular complexity index is 1640. The number of hydrogen-bond donors (Lipinski definition) is 3. The summed E-state index contributed by atoms with van der Waals surface area (Å²) in [5.74, 6) is -0.207. The van der Waals surface area contributed by atoms with Crippen molar-refractivity contribution in [2.24, 2.45) is 0 Å². The average Bonchev–Trinajstić information content (AvgIpc) is 3.32. The van der Waals surface area contributed by atoms with Crippen LogP contribution in [-0.4, -0.2) is 73.4 Å². The topological polar surface area (TPSA) is 105 Å². The summed E-state index contributed by atoms with van der Waals surface area (Å²) < 4.78 is 23.5. The maximum Gasteiger partial charge on any atom is 0.472 e. The van der Waals surface area contributed by atoms with E-state index in [0.717, 1.165) is 122 Å². The van der Waals surface area contributed by atoms with Gasteiger partial charge in [0.05, 0.1) is 39.9 Å². The molecule has 0 aliphatic rings. The van der Waals surface area contributed by atoms with Crippen molar-refractivity contribution in [3.05, 3.63) is 146 Å². The third-order valence-corrected chi connectivity index (χ3v) is 12.0. The second-order valence-corrected chi connectivity index (χ2v) is 20.3. The summed E-state index contributed by atoms with van der Waals surface area (Å²) in [6, 6.07) is -0.882. The number of aliphatic hydroxyl groups excluding tert-OH is 1. The Kier molecular flexibility index (Phi) is 47.7. The highest BCUT2D eigenvalue weighted by atomic mass is 31.2. The maximum absolute atomic E-state index is 12.9. The molecule has 0 heterocycles. The number of allylic oxidation sites excluding steroid dienone is 23. The lowest BCUT2D eigenvalue weighted by Crippen LogP contribution is -2.45. The van der Waals surface area contributed by atoms with Crippen LogP contribution in [-0.2, 0) is 18.4 Å². The normalized spacial score (nSPS) is 15.1. The number of nitrogens with zero attached hydrogens (tertiary/aromatic N) is 1. The number of phosphoric ester groups is 1. The molecular weight excluding hydrogens is 888 g/mol. The van der Waals surface area contributed by atoms with Crippen LogP contribution in [0.25, 0.3) is 0 Å². The van der Waals surface area contributed by atoms with Gasteiger partial charge in [-0.2, -0.15) is 0 Å². The van der Waals surface area contributed by atoms with E-state index in [1.807, 2.05) is 27.2 Å². The standard InChI is InChI=1S/C61H101N2O6P/c1-6-8-10-12-14-16-18-19-20-21-22-23-24-25-26-27-28-29-30-31-32-33-34-35-36-37-38-39-40-41-42-43-45-47-49-51-53-55-61(65)62-59(58-69-70(66,67)68-57-56-63(3,4)5)60(64)54-52-50-48-46-44-17-15-13-11-9-7-2/h8,10-11,13-14,16,19-20,22-23,25-26,28-29,31-32,34-35,37-38,44,46,52,54,59-60,64H,6-7,9,12,15,17-18,21,24,27,30,33,36,39-43,45,47-51,53,55-58H2,1-5H3,(H-,62,65,66,67)/p+1/b10-8-,13-11+,16-14-,20-19-,23-22-,26-25-,29-28-,32-31-,35-34-,38-37-,46-44+,54-52+. The molecule has 3 N–H and O–H groups in total. The smallest absolute Gasteiger partial charge is 0.387 e. The molecule has 0 rings (SSSR count). The Morgan fingerprint density at radius 1 is 0.500 bits per heavy atom. The fourth-order valence-corrected chi connectivity index (χ4v) is 7.51. The molecule has 0 aromatic carbocycles. The Balaban J connectivity index is 4.14. The highest BCUT2D eigenvalue weighted by Crippen LogP contribution is 2.43. The molecule has 3 unspecified atom stereocenters. The molecule has 1 amide bonds. The molecule has 0 bridgehead atoms. The summed E-state index contributed by atoms with van der Waals surface area (Å²) in [4.78, 5) is 23.2. The number of hydrogen-bond acceptors (Lipinski definition) is 5. The number of amides is 1. The van der Waals surface area contributed by atoms with Crippen molar-refractivity contribution >= 4 is 13.7 Å². The second-order valence-electron chi connectivity index (χ2n) is 18.8. The first-order chi connectivity index (χ1) is 34.0. The van der Waals surface area contributed by atoms with Crippen LogP contribution in [0, 0.1) is 0 Å². The van der Waals surface area contributed by atoms with Crippen LogP contribution in [0.1, 0.15) is 181 Å². The average molecular weight is 990 g/mol. The van der Waals surface area contributed by atoms with Gasteiger partial charge in [0.25, 0.3) is 0 Å². The van der Waals surface area contributed by atoms with Gasteiger partial charge in [-0.05, 0) is 109 Å². The van der Waals surface area contributed by atoms with E-state index in [0.29, 0.717) is 17.4 Å². The molecule has 0 spiro atoms. The van der Waals surface area contributed by atoms with Gasteiger partial charge >= 0.3 is 7.82 Å². The largest absolute Gasteiger partial charge is 0.472 e. The summed E-state index contributed by atoms with van der Waals surface area (Å²) in [5.41, 5.74) is 0. The molecule has 0 radical (unpaired) electrons. The van der Waals surface area contributed by atoms with Gasteiger partial charge in [-0.3, -0.25) is 13.8 Å². The van der Waals surface area contributed by atoms with E-state index in [2.05, 4.69) is 153 Å². The Morgan fingerprint density at radius 2 is 0.871 bits per heavy atom. The van der Waals surface area contributed by atoms with Crippen LogP contribution >= 0.6 is 7.82 Å². The first kappa shape index (κ1) is 66.4. The van der Waals surface area contributed by atoms with Crippen LogP contribution in [0.5, 0.6) is 0 Å². The SMILES string of the molecule is CC/C=C\C/C=C\C/C=C\C/C=C\C/C=C\C/C=C\C/C=C\C/C=C\C/C=C\CCCCCCCCCCCC(=O)NC(COP(=O)(O)OCC[N+](C)(C)C)C(O)/C=C/CC/C=C/CC/C=C/CCC. The molecule has 0 aromatic rings. The molecule has 0 fully saturated rings. The van der Waals surface area contributed by atoms with Crippen molar-refractivity contribution in [2.75, 3.05) is 40.9 Å². The Hall–Kier alpha value is -3.62. The van der Waals surface area contributed by atoms with Gasteiger partial charge in [0.15, 0.2) is 0 Å². The fourth-order valence-electron chi connectivity index (χ4n) is 6.78. The molecule has 3 atom stereocenters. The monoisotopic (exact) mass is 990 g/mol. The van der Waals surface area contributed by atoms with Crippen molar-refractivity contribution < 1.29 is 32.9 Å². The molecule has 396 valence electrons. The van der Waals surface area contributed by atoms with E-state index in [4.69, 9.17) is 9.05 Å². The summed E-state index contributed by atoms with van der Waals surface area (Å²) in [6.07, 6.45) is 78.1. The van der Waals surface area contributed by atoms with E-state index in [9.17, 15) is 19.4 Å². The summed E-state index contributed by atoms with van der Waals surface area (Å²) in [6.45, 7) is 4.56. The van der Waals surface area contributed by atoms with Gasteiger partial charge in [-0.25, -0.2) is 4.57 Å². The van der Waals surface area contributed by atoms with Crippen molar-refractivity contribution in [1.82, 2.24) is 5.32 Å².